The Bertz CT molecular complexity index is 380. The van der Waals surface area contributed by atoms with Crippen LogP contribution in [0.3, 0.4) is 0 Å². The van der Waals surface area contributed by atoms with Crippen LogP contribution >= 0.6 is 35.1 Å². The highest BCUT2D eigenvalue weighted by Crippen LogP contribution is 2.28. The Hall–Kier alpha value is -0.350. The van der Waals surface area contributed by atoms with Crippen LogP contribution in [0, 0.1) is 6.92 Å². The zero-order valence-corrected chi connectivity index (χ0v) is 10.2. The summed E-state index contributed by atoms with van der Waals surface area (Å²) in [5, 5.41) is 6.28. The van der Waals surface area contributed by atoms with E-state index in [4.69, 9.17) is 5.73 Å². The lowest BCUT2D eigenvalue weighted by atomic mass is 10.1. The van der Waals surface area contributed by atoms with Crippen molar-refractivity contribution in [3.63, 3.8) is 0 Å². The number of aryl methyl sites for hydroxylation is 1. The van der Waals surface area contributed by atoms with Crippen LogP contribution < -0.4 is 5.73 Å². The molecular formula is C10H12ClNS2. The number of thiophene rings is 2. The topological polar surface area (TPSA) is 26.0 Å². The van der Waals surface area contributed by atoms with Crippen LogP contribution in [0.25, 0.3) is 0 Å². The van der Waals surface area contributed by atoms with Crippen LogP contribution in [-0.4, -0.2) is 0 Å². The lowest BCUT2D eigenvalue weighted by Gasteiger charge is -2.08. The first-order valence-electron chi connectivity index (χ1n) is 4.10. The average molecular weight is 246 g/mol. The molecule has 0 unspecified atom stereocenters. The lowest BCUT2D eigenvalue weighted by Crippen LogP contribution is -2.09. The van der Waals surface area contributed by atoms with E-state index >= 15 is 0 Å². The molecule has 0 fully saturated rings. The van der Waals surface area contributed by atoms with E-state index in [0.29, 0.717) is 0 Å². The largest absolute Gasteiger partial charge is 0.320 e. The van der Waals surface area contributed by atoms with Crippen LogP contribution in [0.1, 0.15) is 22.0 Å². The highest BCUT2D eigenvalue weighted by molar-refractivity contribution is 7.10. The molecular weight excluding hydrogens is 234 g/mol. The van der Waals surface area contributed by atoms with Gasteiger partial charge in [0.15, 0.2) is 0 Å². The van der Waals surface area contributed by atoms with Gasteiger partial charge in [0.25, 0.3) is 0 Å². The van der Waals surface area contributed by atoms with Gasteiger partial charge in [-0.3, -0.25) is 0 Å². The Balaban J connectivity index is 0.000000980. The summed E-state index contributed by atoms with van der Waals surface area (Å²) in [5.74, 6) is 0. The molecule has 2 rings (SSSR count). The molecule has 0 radical (unpaired) electrons. The Kier molecular flexibility index (Phi) is 4.13. The summed E-state index contributed by atoms with van der Waals surface area (Å²) in [6.07, 6.45) is 0. The van der Waals surface area contributed by atoms with Gasteiger partial charge in [-0.2, -0.15) is 11.3 Å². The predicted octanol–water partition coefficient (Wildman–Crippen LogP) is 3.59. The van der Waals surface area contributed by atoms with Gasteiger partial charge in [0, 0.05) is 4.88 Å². The fourth-order valence-electron chi connectivity index (χ4n) is 1.31. The molecule has 0 bridgehead atoms. The molecule has 14 heavy (non-hydrogen) atoms. The normalized spacial score (nSPS) is 12.1. The van der Waals surface area contributed by atoms with E-state index < -0.39 is 0 Å². The Labute approximate surface area is 98.0 Å². The number of nitrogens with two attached hydrogens (primary N) is 1. The number of halogens is 1. The van der Waals surface area contributed by atoms with Crippen LogP contribution in [0.15, 0.2) is 28.3 Å². The average Bonchev–Trinajstić information content (AvgIpc) is 2.72. The first-order valence-corrected chi connectivity index (χ1v) is 5.93. The second-order valence-corrected chi connectivity index (χ2v) is 4.73. The maximum atomic E-state index is 6.12. The van der Waals surface area contributed by atoms with Crippen molar-refractivity contribution in [3.05, 3.63) is 44.3 Å². The molecule has 4 heteroatoms. The van der Waals surface area contributed by atoms with Crippen molar-refractivity contribution in [2.45, 2.75) is 13.0 Å². The van der Waals surface area contributed by atoms with Gasteiger partial charge in [0.2, 0.25) is 0 Å². The fourth-order valence-corrected chi connectivity index (χ4v) is 2.96. The van der Waals surface area contributed by atoms with Gasteiger partial charge in [0.1, 0.15) is 0 Å². The molecule has 2 aromatic rings. The SMILES string of the molecule is Cc1ccsc1[C@@H](N)c1ccsc1.Cl. The Morgan fingerprint density at radius 3 is 2.57 bits per heavy atom. The maximum Gasteiger partial charge on any atom is 0.0656 e. The molecule has 2 N–H and O–H groups in total. The summed E-state index contributed by atoms with van der Waals surface area (Å²) in [6.45, 7) is 2.11. The van der Waals surface area contributed by atoms with E-state index in [1.165, 1.54) is 16.0 Å². The van der Waals surface area contributed by atoms with Crippen LogP contribution in [0.2, 0.25) is 0 Å². The highest BCUT2D eigenvalue weighted by Gasteiger charge is 2.12. The first kappa shape index (κ1) is 11.7. The molecule has 76 valence electrons. The van der Waals surface area contributed by atoms with E-state index in [1.54, 1.807) is 22.7 Å². The molecule has 0 spiro atoms. The van der Waals surface area contributed by atoms with E-state index in [9.17, 15) is 0 Å². The summed E-state index contributed by atoms with van der Waals surface area (Å²) in [6, 6.07) is 4.27. The van der Waals surface area contributed by atoms with Gasteiger partial charge < -0.3 is 5.73 Å². The molecule has 0 aromatic carbocycles. The molecule has 0 aliphatic carbocycles. The number of hydrogen-bond donors (Lipinski definition) is 1. The summed E-state index contributed by atoms with van der Waals surface area (Å²) in [4.78, 5) is 1.28. The zero-order valence-electron chi connectivity index (χ0n) is 7.77. The molecule has 0 aliphatic rings. The molecule has 0 saturated carbocycles. The monoisotopic (exact) mass is 245 g/mol. The van der Waals surface area contributed by atoms with Crippen molar-refractivity contribution >= 4 is 35.1 Å². The predicted molar refractivity (Wildman–Crippen MR) is 66.7 cm³/mol. The molecule has 0 aliphatic heterocycles. The van der Waals surface area contributed by atoms with Gasteiger partial charge in [-0.05, 0) is 46.3 Å². The summed E-state index contributed by atoms with van der Waals surface area (Å²) < 4.78 is 0. The number of rotatable bonds is 2. The van der Waals surface area contributed by atoms with E-state index in [2.05, 4.69) is 35.2 Å². The third-order valence-electron chi connectivity index (χ3n) is 2.09. The second-order valence-electron chi connectivity index (χ2n) is 3.00. The Morgan fingerprint density at radius 1 is 1.29 bits per heavy atom. The summed E-state index contributed by atoms with van der Waals surface area (Å²) >= 11 is 3.43. The molecule has 0 amide bonds. The van der Waals surface area contributed by atoms with Crippen LogP contribution in [0.5, 0.6) is 0 Å². The minimum atomic E-state index is 0. The molecule has 1 nitrogen and oxygen atoms in total. The summed E-state index contributed by atoms with van der Waals surface area (Å²) in [7, 11) is 0. The number of hydrogen-bond acceptors (Lipinski definition) is 3. The third-order valence-corrected chi connectivity index (χ3v) is 3.89. The minimum absolute atomic E-state index is 0. The smallest absolute Gasteiger partial charge is 0.0656 e. The van der Waals surface area contributed by atoms with Crippen molar-refractivity contribution in [3.8, 4) is 0 Å². The van der Waals surface area contributed by atoms with Crippen molar-refractivity contribution in [1.82, 2.24) is 0 Å². The molecule has 1 atom stereocenters. The van der Waals surface area contributed by atoms with Gasteiger partial charge >= 0.3 is 0 Å². The minimum Gasteiger partial charge on any atom is -0.320 e. The van der Waals surface area contributed by atoms with Gasteiger partial charge in [-0.25, -0.2) is 0 Å². The van der Waals surface area contributed by atoms with Gasteiger partial charge in [-0.15, -0.1) is 23.7 Å². The van der Waals surface area contributed by atoms with E-state index in [-0.39, 0.29) is 18.4 Å². The summed E-state index contributed by atoms with van der Waals surface area (Å²) in [5.41, 5.74) is 8.64. The molecule has 2 aromatic heterocycles. The lowest BCUT2D eigenvalue weighted by molar-refractivity contribution is 0.891. The van der Waals surface area contributed by atoms with Crippen LogP contribution in [-0.2, 0) is 0 Å². The fraction of sp³-hybridized carbons (Fsp3) is 0.200. The van der Waals surface area contributed by atoms with Gasteiger partial charge in [0.05, 0.1) is 6.04 Å². The third kappa shape index (κ3) is 2.17. The molecule has 0 saturated heterocycles. The standard InChI is InChI=1S/C10H11NS2.ClH/c1-7-2-5-13-10(7)9(11)8-3-4-12-6-8;/h2-6,9H,11H2,1H3;1H/t9-;/m0./s1. The van der Waals surface area contributed by atoms with Crippen LogP contribution in [0.4, 0.5) is 0 Å². The molecule has 2 heterocycles. The first-order chi connectivity index (χ1) is 6.29. The van der Waals surface area contributed by atoms with Crippen molar-refractivity contribution in [2.75, 3.05) is 0 Å². The zero-order chi connectivity index (χ0) is 9.26. The quantitative estimate of drug-likeness (QED) is 0.860. The Morgan fingerprint density at radius 2 is 2.07 bits per heavy atom. The van der Waals surface area contributed by atoms with E-state index in [1.807, 2.05) is 0 Å². The second kappa shape index (κ2) is 4.94. The van der Waals surface area contributed by atoms with Crippen molar-refractivity contribution in [1.29, 1.82) is 0 Å². The van der Waals surface area contributed by atoms with Gasteiger partial charge in [-0.1, -0.05) is 0 Å². The van der Waals surface area contributed by atoms with E-state index in [0.717, 1.165) is 0 Å². The highest BCUT2D eigenvalue weighted by atomic mass is 35.5. The van der Waals surface area contributed by atoms with Crippen molar-refractivity contribution < 1.29 is 0 Å². The maximum absolute atomic E-state index is 6.12. The van der Waals surface area contributed by atoms with Crippen molar-refractivity contribution in [2.24, 2.45) is 5.73 Å².